The second kappa shape index (κ2) is 6.17. The van der Waals surface area contributed by atoms with Crippen molar-refractivity contribution >= 4 is 5.91 Å². The maximum Gasteiger partial charge on any atom is 0.272 e. The largest absolute Gasteiger partial charge is 0.336 e. The molecule has 0 saturated carbocycles. The smallest absolute Gasteiger partial charge is 0.272 e. The third-order valence-corrected chi connectivity index (χ3v) is 3.28. The van der Waals surface area contributed by atoms with Gasteiger partial charge in [0.25, 0.3) is 5.91 Å². The number of carbonyl (C=O) groups excluding carboxylic acids is 1. The van der Waals surface area contributed by atoms with Crippen LogP contribution in [-0.4, -0.2) is 37.4 Å². The van der Waals surface area contributed by atoms with E-state index in [1.165, 1.54) is 0 Å². The molecule has 3 rings (SSSR count). The summed E-state index contributed by atoms with van der Waals surface area (Å²) in [5.41, 5.74) is 2.28. The molecule has 0 radical (unpaired) electrons. The van der Waals surface area contributed by atoms with Gasteiger partial charge in [-0.2, -0.15) is 0 Å². The molecular formula is C16H15N5O. The van der Waals surface area contributed by atoms with E-state index in [1.807, 2.05) is 29.0 Å². The van der Waals surface area contributed by atoms with Crippen LogP contribution in [0.2, 0.25) is 0 Å². The number of hydrogen-bond acceptors (Lipinski definition) is 4. The zero-order valence-electron chi connectivity index (χ0n) is 12.1. The standard InChI is InChI=1S/C16H15N5O/c1-20(11-13-2-5-17-6-3-13)16(22)15-10-14(4-7-19-15)21-9-8-18-12-21/h2-10,12H,11H2,1H3. The van der Waals surface area contributed by atoms with Gasteiger partial charge >= 0.3 is 0 Å². The summed E-state index contributed by atoms with van der Waals surface area (Å²) < 4.78 is 1.83. The van der Waals surface area contributed by atoms with E-state index in [-0.39, 0.29) is 5.91 Å². The zero-order chi connectivity index (χ0) is 15.4. The van der Waals surface area contributed by atoms with Crippen LogP contribution in [0, 0.1) is 0 Å². The molecule has 0 aliphatic heterocycles. The molecule has 0 spiro atoms. The predicted molar refractivity (Wildman–Crippen MR) is 81.4 cm³/mol. The number of aromatic nitrogens is 4. The number of rotatable bonds is 4. The van der Waals surface area contributed by atoms with Crippen LogP contribution in [0.1, 0.15) is 16.1 Å². The lowest BCUT2D eigenvalue weighted by Crippen LogP contribution is -2.27. The van der Waals surface area contributed by atoms with Gasteiger partial charge in [-0.15, -0.1) is 0 Å². The van der Waals surface area contributed by atoms with Crippen molar-refractivity contribution in [1.82, 2.24) is 24.4 Å². The average Bonchev–Trinajstić information content (AvgIpc) is 3.10. The quantitative estimate of drug-likeness (QED) is 0.737. The molecule has 3 aromatic heterocycles. The molecule has 0 atom stereocenters. The van der Waals surface area contributed by atoms with Crippen molar-refractivity contribution in [3.63, 3.8) is 0 Å². The topological polar surface area (TPSA) is 63.9 Å². The molecule has 0 aliphatic rings. The van der Waals surface area contributed by atoms with Gasteiger partial charge in [-0.3, -0.25) is 14.8 Å². The lowest BCUT2D eigenvalue weighted by molar-refractivity contribution is 0.0779. The Hall–Kier alpha value is -3.02. The van der Waals surface area contributed by atoms with Gasteiger partial charge in [-0.05, 0) is 29.8 Å². The van der Waals surface area contributed by atoms with Crippen LogP contribution in [0.25, 0.3) is 5.69 Å². The Morgan fingerprint density at radius 3 is 2.68 bits per heavy atom. The number of imidazole rings is 1. The zero-order valence-corrected chi connectivity index (χ0v) is 12.1. The first kappa shape index (κ1) is 13.9. The summed E-state index contributed by atoms with van der Waals surface area (Å²) in [6.07, 6.45) is 10.3. The van der Waals surface area contributed by atoms with Crippen molar-refractivity contribution in [1.29, 1.82) is 0 Å². The van der Waals surface area contributed by atoms with Gasteiger partial charge in [0.1, 0.15) is 5.69 Å². The molecule has 0 fully saturated rings. The van der Waals surface area contributed by atoms with Crippen LogP contribution < -0.4 is 0 Å². The van der Waals surface area contributed by atoms with E-state index >= 15 is 0 Å². The van der Waals surface area contributed by atoms with Crippen LogP contribution in [0.3, 0.4) is 0 Å². The Bertz CT molecular complexity index is 755. The second-order valence-electron chi connectivity index (χ2n) is 4.89. The lowest BCUT2D eigenvalue weighted by atomic mass is 10.2. The minimum Gasteiger partial charge on any atom is -0.336 e. The normalized spacial score (nSPS) is 10.4. The Morgan fingerprint density at radius 1 is 1.14 bits per heavy atom. The lowest BCUT2D eigenvalue weighted by Gasteiger charge is -2.17. The van der Waals surface area contributed by atoms with E-state index in [1.54, 1.807) is 49.1 Å². The molecular weight excluding hydrogens is 278 g/mol. The van der Waals surface area contributed by atoms with Crippen molar-refractivity contribution in [3.05, 3.63) is 72.8 Å². The summed E-state index contributed by atoms with van der Waals surface area (Å²) in [4.78, 5) is 26.3. The second-order valence-corrected chi connectivity index (χ2v) is 4.89. The molecule has 0 saturated heterocycles. The summed E-state index contributed by atoms with van der Waals surface area (Å²) in [5.74, 6) is -0.126. The molecule has 0 aliphatic carbocycles. The molecule has 1 amide bonds. The van der Waals surface area contributed by atoms with Crippen molar-refractivity contribution in [2.24, 2.45) is 0 Å². The maximum absolute atomic E-state index is 12.5. The highest BCUT2D eigenvalue weighted by atomic mass is 16.2. The van der Waals surface area contributed by atoms with E-state index in [4.69, 9.17) is 0 Å². The number of amides is 1. The molecule has 110 valence electrons. The first-order chi connectivity index (χ1) is 10.7. The number of carbonyl (C=O) groups is 1. The van der Waals surface area contributed by atoms with Crippen LogP contribution in [0.5, 0.6) is 0 Å². The predicted octanol–water partition coefficient (Wildman–Crippen LogP) is 1.93. The molecule has 0 bridgehead atoms. The third kappa shape index (κ3) is 3.01. The monoisotopic (exact) mass is 293 g/mol. The van der Waals surface area contributed by atoms with Crippen LogP contribution >= 0.6 is 0 Å². The van der Waals surface area contributed by atoms with Crippen molar-refractivity contribution in [2.75, 3.05) is 7.05 Å². The van der Waals surface area contributed by atoms with Gasteiger partial charge < -0.3 is 9.47 Å². The summed E-state index contributed by atoms with van der Waals surface area (Å²) in [6.45, 7) is 0.512. The fraction of sp³-hybridized carbons (Fsp3) is 0.125. The van der Waals surface area contributed by atoms with E-state index in [9.17, 15) is 4.79 Å². The molecule has 0 N–H and O–H groups in total. The summed E-state index contributed by atoms with van der Waals surface area (Å²) in [7, 11) is 1.76. The molecule has 3 aromatic rings. The SMILES string of the molecule is CN(Cc1ccncc1)C(=O)c1cc(-n2ccnc2)ccn1. The molecule has 22 heavy (non-hydrogen) atoms. The van der Waals surface area contributed by atoms with Gasteiger partial charge in [-0.25, -0.2) is 4.98 Å². The van der Waals surface area contributed by atoms with Crippen LogP contribution in [0.4, 0.5) is 0 Å². The Kier molecular flexibility index (Phi) is 3.91. The molecule has 6 nitrogen and oxygen atoms in total. The Balaban J connectivity index is 1.78. The Labute approximate surface area is 128 Å². The van der Waals surface area contributed by atoms with Gasteiger partial charge in [0.15, 0.2) is 0 Å². The minimum absolute atomic E-state index is 0.126. The number of pyridine rings is 2. The van der Waals surface area contributed by atoms with Crippen LogP contribution in [-0.2, 0) is 6.54 Å². The van der Waals surface area contributed by atoms with Crippen molar-refractivity contribution in [3.8, 4) is 5.69 Å². The van der Waals surface area contributed by atoms with Crippen LogP contribution in [0.15, 0.2) is 61.6 Å². The highest BCUT2D eigenvalue weighted by Gasteiger charge is 2.14. The third-order valence-electron chi connectivity index (χ3n) is 3.28. The maximum atomic E-state index is 12.5. The summed E-state index contributed by atoms with van der Waals surface area (Å²) >= 11 is 0. The van der Waals surface area contributed by atoms with E-state index in [0.29, 0.717) is 12.2 Å². The van der Waals surface area contributed by atoms with E-state index in [0.717, 1.165) is 11.3 Å². The minimum atomic E-state index is -0.126. The fourth-order valence-corrected chi connectivity index (χ4v) is 2.14. The van der Waals surface area contributed by atoms with E-state index in [2.05, 4.69) is 15.0 Å². The van der Waals surface area contributed by atoms with Crippen molar-refractivity contribution in [2.45, 2.75) is 6.54 Å². The Morgan fingerprint density at radius 2 is 1.95 bits per heavy atom. The first-order valence-electron chi connectivity index (χ1n) is 6.83. The average molecular weight is 293 g/mol. The summed E-state index contributed by atoms with van der Waals surface area (Å²) in [6, 6.07) is 7.37. The molecule has 3 heterocycles. The first-order valence-corrected chi connectivity index (χ1v) is 6.83. The highest BCUT2D eigenvalue weighted by molar-refractivity contribution is 5.92. The molecule has 0 aromatic carbocycles. The van der Waals surface area contributed by atoms with Crippen molar-refractivity contribution < 1.29 is 4.79 Å². The summed E-state index contributed by atoms with van der Waals surface area (Å²) in [5, 5.41) is 0. The molecule has 6 heteroatoms. The van der Waals surface area contributed by atoms with Gasteiger partial charge in [0, 0.05) is 44.6 Å². The fourth-order valence-electron chi connectivity index (χ4n) is 2.14. The number of hydrogen-bond donors (Lipinski definition) is 0. The molecule has 0 unspecified atom stereocenters. The highest BCUT2D eigenvalue weighted by Crippen LogP contribution is 2.11. The van der Waals surface area contributed by atoms with Gasteiger partial charge in [0.05, 0.1) is 12.0 Å². The van der Waals surface area contributed by atoms with Gasteiger partial charge in [-0.1, -0.05) is 0 Å². The van der Waals surface area contributed by atoms with Gasteiger partial charge in [0.2, 0.25) is 0 Å². The number of nitrogens with zero attached hydrogens (tertiary/aromatic N) is 5. The van der Waals surface area contributed by atoms with E-state index < -0.39 is 0 Å².